The first kappa shape index (κ1) is 18.5. The topological polar surface area (TPSA) is 44.6 Å². The van der Waals surface area contributed by atoms with E-state index in [9.17, 15) is 0 Å². The van der Waals surface area contributed by atoms with Crippen LogP contribution < -0.4 is 10.6 Å². The molecule has 1 aliphatic rings. The van der Waals surface area contributed by atoms with Crippen LogP contribution in [0.25, 0.3) is 0 Å². The highest BCUT2D eigenvalue weighted by molar-refractivity contribution is 5.79. The largest absolute Gasteiger partial charge is 0.355 e. The monoisotopic (exact) mass is 353 g/mol. The van der Waals surface area contributed by atoms with E-state index in [1.54, 1.807) is 0 Å². The Bertz CT molecular complexity index is 692. The zero-order valence-corrected chi connectivity index (χ0v) is 16.0. The average Bonchev–Trinajstić information content (AvgIpc) is 3.20. The molecule has 5 heteroatoms. The van der Waals surface area contributed by atoms with E-state index in [2.05, 4.69) is 80.8 Å². The summed E-state index contributed by atoms with van der Waals surface area (Å²) in [6, 6.07) is 13.5. The molecule has 0 fully saturated rings. The average molecular weight is 354 g/mol. The van der Waals surface area contributed by atoms with Crippen molar-refractivity contribution >= 4 is 5.96 Å². The Kier molecular flexibility index (Phi) is 6.72. The predicted molar refractivity (Wildman–Crippen MR) is 108 cm³/mol. The molecule has 1 aromatic heterocycles. The second kappa shape index (κ2) is 9.43. The van der Waals surface area contributed by atoms with Crippen molar-refractivity contribution in [3.05, 3.63) is 59.9 Å². The lowest BCUT2D eigenvalue weighted by Gasteiger charge is -2.35. The number of rotatable bonds is 7. The third-order valence-electron chi connectivity index (χ3n) is 5.21. The van der Waals surface area contributed by atoms with Crippen molar-refractivity contribution in [3.63, 3.8) is 0 Å². The van der Waals surface area contributed by atoms with Gasteiger partial charge in [0.05, 0.1) is 0 Å². The summed E-state index contributed by atoms with van der Waals surface area (Å²) in [5.74, 6) is 0.882. The molecule has 2 aromatic rings. The minimum atomic E-state index is 0.520. The van der Waals surface area contributed by atoms with Gasteiger partial charge in [0, 0.05) is 58.2 Å². The maximum Gasteiger partial charge on any atom is 0.191 e. The van der Waals surface area contributed by atoms with Gasteiger partial charge in [-0.1, -0.05) is 31.2 Å². The predicted octanol–water partition coefficient (Wildman–Crippen LogP) is 2.49. The van der Waals surface area contributed by atoms with Gasteiger partial charge < -0.3 is 15.2 Å². The zero-order chi connectivity index (χ0) is 18.2. The third-order valence-corrected chi connectivity index (χ3v) is 5.21. The van der Waals surface area contributed by atoms with Gasteiger partial charge in [0.2, 0.25) is 0 Å². The molecule has 1 aliphatic heterocycles. The van der Waals surface area contributed by atoms with E-state index < -0.39 is 0 Å². The summed E-state index contributed by atoms with van der Waals surface area (Å²) in [6.45, 7) is 7.18. The first-order chi connectivity index (χ1) is 12.8. The highest BCUT2D eigenvalue weighted by Crippen LogP contribution is 2.21. The SMILES string of the molecule is CCC(CNC(=NC)NCCn1cccc1)N1CCc2ccccc2C1. The molecule has 0 aliphatic carbocycles. The number of benzene rings is 1. The van der Waals surface area contributed by atoms with Gasteiger partial charge in [-0.3, -0.25) is 9.89 Å². The molecular weight excluding hydrogens is 322 g/mol. The molecule has 26 heavy (non-hydrogen) atoms. The fourth-order valence-electron chi connectivity index (χ4n) is 3.62. The van der Waals surface area contributed by atoms with E-state index in [-0.39, 0.29) is 0 Å². The van der Waals surface area contributed by atoms with Gasteiger partial charge in [-0.15, -0.1) is 0 Å². The second-order valence-corrected chi connectivity index (χ2v) is 6.85. The molecule has 2 heterocycles. The normalized spacial score (nSPS) is 16.2. The van der Waals surface area contributed by atoms with E-state index >= 15 is 0 Å². The summed E-state index contributed by atoms with van der Waals surface area (Å²) < 4.78 is 2.17. The molecule has 1 atom stereocenters. The minimum absolute atomic E-state index is 0.520. The molecule has 0 saturated carbocycles. The molecule has 0 bridgehead atoms. The Morgan fingerprint density at radius 2 is 1.88 bits per heavy atom. The van der Waals surface area contributed by atoms with Crippen molar-refractivity contribution in [1.82, 2.24) is 20.1 Å². The summed E-state index contributed by atoms with van der Waals surface area (Å²) in [6.07, 6.45) is 6.45. The summed E-state index contributed by atoms with van der Waals surface area (Å²) in [5.41, 5.74) is 2.99. The smallest absolute Gasteiger partial charge is 0.191 e. The summed E-state index contributed by atoms with van der Waals surface area (Å²) in [4.78, 5) is 6.96. The molecule has 0 amide bonds. The van der Waals surface area contributed by atoms with Gasteiger partial charge >= 0.3 is 0 Å². The van der Waals surface area contributed by atoms with Crippen molar-refractivity contribution in [2.45, 2.75) is 38.9 Å². The first-order valence-corrected chi connectivity index (χ1v) is 9.66. The molecule has 140 valence electrons. The number of aromatic nitrogens is 1. The van der Waals surface area contributed by atoms with Crippen LogP contribution in [0, 0.1) is 0 Å². The van der Waals surface area contributed by atoms with Crippen LogP contribution in [0.4, 0.5) is 0 Å². The van der Waals surface area contributed by atoms with Crippen LogP contribution in [0.3, 0.4) is 0 Å². The number of nitrogens with one attached hydrogen (secondary N) is 2. The molecule has 0 saturated heterocycles. The number of nitrogens with zero attached hydrogens (tertiary/aromatic N) is 3. The Morgan fingerprint density at radius 1 is 1.12 bits per heavy atom. The molecule has 0 radical (unpaired) electrons. The van der Waals surface area contributed by atoms with Gasteiger partial charge in [0.25, 0.3) is 0 Å². The minimum Gasteiger partial charge on any atom is -0.355 e. The molecule has 1 aromatic carbocycles. The summed E-state index contributed by atoms with van der Waals surface area (Å²) >= 11 is 0. The van der Waals surface area contributed by atoms with Gasteiger partial charge in [-0.05, 0) is 36.1 Å². The maximum absolute atomic E-state index is 4.36. The van der Waals surface area contributed by atoms with Crippen molar-refractivity contribution in [2.75, 3.05) is 26.7 Å². The second-order valence-electron chi connectivity index (χ2n) is 6.85. The molecule has 2 N–H and O–H groups in total. The first-order valence-electron chi connectivity index (χ1n) is 9.66. The van der Waals surface area contributed by atoms with E-state index in [0.717, 1.165) is 51.5 Å². The Labute approximate surface area is 157 Å². The van der Waals surface area contributed by atoms with Crippen molar-refractivity contribution in [2.24, 2.45) is 4.99 Å². The highest BCUT2D eigenvalue weighted by Gasteiger charge is 2.22. The van der Waals surface area contributed by atoms with Gasteiger partial charge in [0.15, 0.2) is 5.96 Å². The van der Waals surface area contributed by atoms with E-state index in [4.69, 9.17) is 0 Å². The van der Waals surface area contributed by atoms with Crippen LogP contribution in [-0.2, 0) is 19.5 Å². The van der Waals surface area contributed by atoms with E-state index in [0.29, 0.717) is 6.04 Å². The van der Waals surface area contributed by atoms with Gasteiger partial charge in [-0.2, -0.15) is 0 Å². The number of fused-ring (bicyclic) bond motifs is 1. The molecule has 1 unspecified atom stereocenters. The van der Waals surface area contributed by atoms with Crippen molar-refractivity contribution in [1.29, 1.82) is 0 Å². The Hall–Kier alpha value is -2.27. The third kappa shape index (κ3) is 4.88. The van der Waals surface area contributed by atoms with Crippen LogP contribution >= 0.6 is 0 Å². The van der Waals surface area contributed by atoms with E-state index in [1.807, 2.05) is 7.05 Å². The van der Waals surface area contributed by atoms with Crippen LogP contribution in [0.15, 0.2) is 53.8 Å². The van der Waals surface area contributed by atoms with Crippen LogP contribution in [0.2, 0.25) is 0 Å². The Morgan fingerprint density at radius 3 is 2.62 bits per heavy atom. The van der Waals surface area contributed by atoms with Crippen LogP contribution in [-0.4, -0.2) is 48.2 Å². The number of guanidine groups is 1. The lowest BCUT2D eigenvalue weighted by Crippen LogP contribution is -2.48. The van der Waals surface area contributed by atoms with Crippen molar-refractivity contribution in [3.8, 4) is 0 Å². The van der Waals surface area contributed by atoms with Gasteiger partial charge in [-0.25, -0.2) is 0 Å². The zero-order valence-electron chi connectivity index (χ0n) is 16.0. The Balaban J connectivity index is 1.47. The fourth-order valence-corrected chi connectivity index (χ4v) is 3.62. The molecule has 0 spiro atoms. The quantitative estimate of drug-likeness (QED) is 0.594. The van der Waals surface area contributed by atoms with E-state index in [1.165, 1.54) is 11.1 Å². The van der Waals surface area contributed by atoms with Crippen LogP contribution in [0.1, 0.15) is 24.5 Å². The maximum atomic E-state index is 4.36. The highest BCUT2D eigenvalue weighted by atomic mass is 15.2. The molecule has 3 rings (SSSR count). The standard InChI is InChI=1S/C21H31N5/c1-3-20(26-14-10-18-8-4-5-9-19(18)17-26)16-24-21(22-2)23-11-15-25-12-6-7-13-25/h4-9,12-13,20H,3,10-11,14-17H2,1-2H3,(H2,22,23,24). The number of hydrogen-bond acceptors (Lipinski definition) is 2. The lowest BCUT2D eigenvalue weighted by atomic mass is 9.98. The molecular formula is C21H31N5. The fraction of sp³-hybridized carbons (Fsp3) is 0.476. The lowest BCUT2D eigenvalue weighted by molar-refractivity contribution is 0.174. The number of aliphatic imine (C=N–C) groups is 1. The van der Waals surface area contributed by atoms with Gasteiger partial charge in [0.1, 0.15) is 0 Å². The molecule has 5 nitrogen and oxygen atoms in total. The number of hydrogen-bond donors (Lipinski definition) is 2. The van der Waals surface area contributed by atoms with Crippen molar-refractivity contribution < 1.29 is 0 Å². The van der Waals surface area contributed by atoms with Crippen LogP contribution in [0.5, 0.6) is 0 Å². The summed E-state index contributed by atoms with van der Waals surface area (Å²) in [5, 5.41) is 6.92. The summed E-state index contributed by atoms with van der Waals surface area (Å²) in [7, 11) is 1.84.